The Kier molecular flexibility index (Phi) is 5.35. The summed E-state index contributed by atoms with van der Waals surface area (Å²) in [5.74, 6) is 2.83. The Labute approximate surface area is 125 Å². The minimum absolute atomic E-state index is 0.0854. The molecular formula is C16H22O3S. The van der Waals surface area contributed by atoms with Crippen LogP contribution >= 0.6 is 11.8 Å². The van der Waals surface area contributed by atoms with Gasteiger partial charge in [0.25, 0.3) is 0 Å². The normalized spacial score (nSPS) is 15.7. The molecule has 3 nitrogen and oxygen atoms in total. The lowest BCUT2D eigenvalue weighted by Gasteiger charge is -2.14. The van der Waals surface area contributed by atoms with Gasteiger partial charge in [0.05, 0.1) is 20.1 Å². The second-order valence-electron chi connectivity index (χ2n) is 5.29. The molecule has 0 aliphatic heterocycles. The summed E-state index contributed by atoms with van der Waals surface area (Å²) >= 11 is 1.88. The third-order valence-electron chi connectivity index (χ3n) is 3.64. The second kappa shape index (κ2) is 7.02. The third kappa shape index (κ3) is 4.17. The Balaban J connectivity index is 1.83. The van der Waals surface area contributed by atoms with Gasteiger partial charge in [0, 0.05) is 11.3 Å². The average molecular weight is 294 g/mol. The molecule has 0 spiro atoms. The van der Waals surface area contributed by atoms with Crippen LogP contribution in [0.25, 0.3) is 0 Å². The van der Waals surface area contributed by atoms with E-state index in [-0.39, 0.29) is 11.4 Å². The minimum atomic E-state index is -0.0854. The zero-order valence-corrected chi connectivity index (χ0v) is 13.0. The molecule has 1 aromatic carbocycles. The summed E-state index contributed by atoms with van der Waals surface area (Å²) < 4.78 is 10.4. The number of ether oxygens (including phenoxy) is 2. The number of methoxy groups -OCH3 is 1. The molecule has 1 aliphatic rings. The van der Waals surface area contributed by atoms with Crippen molar-refractivity contribution in [2.45, 2.75) is 31.9 Å². The van der Waals surface area contributed by atoms with E-state index in [4.69, 9.17) is 9.47 Å². The van der Waals surface area contributed by atoms with Gasteiger partial charge in [-0.2, -0.15) is 11.8 Å². The highest BCUT2D eigenvalue weighted by Gasteiger charge is 2.44. The topological polar surface area (TPSA) is 35.5 Å². The van der Waals surface area contributed by atoms with E-state index >= 15 is 0 Å². The lowest BCUT2D eigenvalue weighted by molar-refractivity contribution is -0.141. The van der Waals surface area contributed by atoms with Gasteiger partial charge in [-0.05, 0) is 37.0 Å². The number of carbonyl (C=O) groups excluding carboxylic acids is 1. The Bertz CT molecular complexity index is 455. The summed E-state index contributed by atoms with van der Waals surface area (Å²) in [6.07, 6.45) is 2.84. The monoisotopic (exact) mass is 294 g/mol. The fraction of sp³-hybridized carbons (Fsp3) is 0.562. The molecular weight excluding hydrogens is 272 g/mol. The number of thioether (sulfide) groups is 1. The maximum absolute atomic E-state index is 11.4. The molecule has 0 heterocycles. The SMILES string of the molecule is CCOc1ccccc1CSCC1(CC(=O)OC)CC1. The van der Waals surface area contributed by atoms with Crippen LogP contribution in [0.15, 0.2) is 24.3 Å². The average Bonchev–Trinajstić information content (AvgIpc) is 3.20. The highest BCUT2D eigenvalue weighted by molar-refractivity contribution is 7.98. The van der Waals surface area contributed by atoms with Gasteiger partial charge in [-0.15, -0.1) is 0 Å². The van der Waals surface area contributed by atoms with Crippen molar-refractivity contribution in [2.75, 3.05) is 19.5 Å². The summed E-state index contributed by atoms with van der Waals surface area (Å²) in [4.78, 5) is 11.4. The van der Waals surface area contributed by atoms with Crippen LogP contribution in [0.1, 0.15) is 31.7 Å². The molecule has 0 saturated heterocycles. The molecule has 1 aliphatic carbocycles. The molecule has 0 amide bonds. The molecule has 0 unspecified atom stereocenters. The number of benzene rings is 1. The lowest BCUT2D eigenvalue weighted by atomic mass is 10.1. The fourth-order valence-corrected chi connectivity index (χ4v) is 3.61. The van der Waals surface area contributed by atoms with E-state index in [1.54, 1.807) is 0 Å². The van der Waals surface area contributed by atoms with Crippen molar-refractivity contribution in [1.29, 1.82) is 0 Å². The van der Waals surface area contributed by atoms with Gasteiger partial charge >= 0.3 is 5.97 Å². The molecule has 0 aromatic heterocycles. The first kappa shape index (κ1) is 15.2. The molecule has 2 rings (SSSR count). The number of para-hydroxylation sites is 1. The summed E-state index contributed by atoms with van der Waals surface area (Å²) in [5.41, 5.74) is 1.42. The van der Waals surface area contributed by atoms with Gasteiger partial charge in [0.15, 0.2) is 0 Å². The smallest absolute Gasteiger partial charge is 0.306 e. The van der Waals surface area contributed by atoms with Crippen molar-refractivity contribution in [3.05, 3.63) is 29.8 Å². The van der Waals surface area contributed by atoms with Crippen molar-refractivity contribution in [3.8, 4) is 5.75 Å². The van der Waals surface area contributed by atoms with Crippen molar-refractivity contribution < 1.29 is 14.3 Å². The maximum Gasteiger partial charge on any atom is 0.306 e. The zero-order chi connectivity index (χ0) is 14.4. The molecule has 0 N–H and O–H groups in total. The number of hydrogen-bond acceptors (Lipinski definition) is 4. The molecule has 1 aromatic rings. The van der Waals surface area contributed by atoms with Crippen LogP contribution in [-0.2, 0) is 15.3 Å². The van der Waals surface area contributed by atoms with Gasteiger partial charge in [0.2, 0.25) is 0 Å². The Hall–Kier alpha value is -1.16. The van der Waals surface area contributed by atoms with Gasteiger partial charge in [0.1, 0.15) is 5.75 Å². The van der Waals surface area contributed by atoms with Crippen molar-refractivity contribution in [2.24, 2.45) is 5.41 Å². The molecule has 0 radical (unpaired) electrons. The third-order valence-corrected chi connectivity index (χ3v) is 4.97. The highest BCUT2D eigenvalue weighted by Crippen LogP contribution is 2.51. The van der Waals surface area contributed by atoms with Crippen LogP contribution in [0.5, 0.6) is 5.75 Å². The Morgan fingerprint density at radius 2 is 2.10 bits per heavy atom. The van der Waals surface area contributed by atoms with E-state index < -0.39 is 0 Å². The Morgan fingerprint density at radius 3 is 2.75 bits per heavy atom. The standard InChI is InChI=1S/C16H22O3S/c1-3-19-14-7-5-4-6-13(14)11-20-12-16(8-9-16)10-15(17)18-2/h4-7H,3,8-12H2,1-2H3. The summed E-state index contributed by atoms with van der Waals surface area (Å²) in [5, 5.41) is 0. The zero-order valence-electron chi connectivity index (χ0n) is 12.2. The van der Waals surface area contributed by atoms with Crippen LogP contribution in [-0.4, -0.2) is 25.4 Å². The first-order valence-electron chi connectivity index (χ1n) is 7.04. The molecule has 20 heavy (non-hydrogen) atoms. The summed E-state index contributed by atoms with van der Waals surface area (Å²) in [7, 11) is 1.46. The lowest BCUT2D eigenvalue weighted by Crippen LogP contribution is -2.13. The molecule has 1 fully saturated rings. The highest BCUT2D eigenvalue weighted by atomic mass is 32.2. The predicted molar refractivity (Wildman–Crippen MR) is 82.1 cm³/mol. The molecule has 0 atom stereocenters. The van der Waals surface area contributed by atoms with E-state index in [2.05, 4.69) is 6.07 Å². The van der Waals surface area contributed by atoms with Crippen molar-refractivity contribution in [1.82, 2.24) is 0 Å². The maximum atomic E-state index is 11.4. The van der Waals surface area contributed by atoms with Crippen molar-refractivity contribution >= 4 is 17.7 Å². The van der Waals surface area contributed by atoms with Gasteiger partial charge in [-0.1, -0.05) is 18.2 Å². The van der Waals surface area contributed by atoms with Crippen LogP contribution in [0.2, 0.25) is 0 Å². The van der Waals surface area contributed by atoms with Crippen LogP contribution < -0.4 is 4.74 Å². The Morgan fingerprint density at radius 1 is 1.35 bits per heavy atom. The largest absolute Gasteiger partial charge is 0.494 e. The molecule has 110 valence electrons. The fourth-order valence-electron chi connectivity index (χ4n) is 2.22. The van der Waals surface area contributed by atoms with E-state index in [9.17, 15) is 4.79 Å². The number of carbonyl (C=O) groups is 1. The molecule has 0 bridgehead atoms. The van der Waals surface area contributed by atoms with Gasteiger partial charge < -0.3 is 9.47 Å². The minimum Gasteiger partial charge on any atom is -0.494 e. The second-order valence-corrected chi connectivity index (χ2v) is 6.27. The number of hydrogen-bond donors (Lipinski definition) is 0. The van der Waals surface area contributed by atoms with Crippen molar-refractivity contribution in [3.63, 3.8) is 0 Å². The van der Waals surface area contributed by atoms with Gasteiger partial charge in [-0.25, -0.2) is 0 Å². The first-order chi connectivity index (χ1) is 9.69. The van der Waals surface area contributed by atoms with E-state index in [0.29, 0.717) is 13.0 Å². The predicted octanol–water partition coefficient (Wildman–Crippen LogP) is 3.66. The van der Waals surface area contributed by atoms with Gasteiger partial charge in [-0.3, -0.25) is 4.79 Å². The summed E-state index contributed by atoms with van der Waals surface area (Å²) in [6.45, 7) is 2.69. The van der Waals surface area contributed by atoms with Crippen LogP contribution in [0.3, 0.4) is 0 Å². The van der Waals surface area contributed by atoms with Crippen LogP contribution in [0.4, 0.5) is 0 Å². The first-order valence-corrected chi connectivity index (χ1v) is 8.20. The van der Waals surface area contributed by atoms with E-state index in [1.165, 1.54) is 12.7 Å². The quantitative estimate of drug-likeness (QED) is 0.685. The van der Waals surface area contributed by atoms with Crippen LogP contribution in [0, 0.1) is 5.41 Å². The number of rotatable bonds is 8. The van der Waals surface area contributed by atoms with E-state index in [1.807, 2.05) is 36.9 Å². The summed E-state index contributed by atoms with van der Waals surface area (Å²) in [6, 6.07) is 8.16. The molecule has 4 heteroatoms. The van der Waals surface area contributed by atoms with E-state index in [0.717, 1.165) is 30.1 Å². The molecule has 1 saturated carbocycles. The number of esters is 1.